The monoisotopic (exact) mass is 499 g/mol. The maximum Gasteiger partial charge on any atom is 0.264 e. The molecular formula is C37H25NO. The Labute approximate surface area is 227 Å². The molecule has 2 heteroatoms. The third-order valence-electron chi connectivity index (χ3n) is 7.43. The predicted octanol–water partition coefficient (Wildman–Crippen LogP) is 9.14. The van der Waals surface area contributed by atoms with Crippen molar-refractivity contribution in [3.05, 3.63) is 162 Å². The summed E-state index contributed by atoms with van der Waals surface area (Å²) in [6, 6.07) is 51.7. The first kappa shape index (κ1) is 22.9. The fourth-order valence-electron chi connectivity index (χ4n) is 5.53. The van der Waals surface area contributed by atoms with E-state index in [0.717, 1.165) is 60.7 Å². The van der Waals surface area contributed by atoms with Crippen molar-refractivity contribution < 1.29 is 0 Å². The highest BCUT2D eigenvalue weighted by atomic mass is 16.1. The van der Waals surface area contributed by atoms with E-state index in [9.17, 15) is 4.79 Å². The number of fused-ring (bicyclic) bond motifs is 3. The number of nitrogens with zero attached hydrogens (tertiary/aromatic N) is 1. The molecule has 2 nitrogen and oxygen atoms in total. The lowest BCUT2D eigenvalue weighted by Crippen LogP contribution is -2.20. The van der Waals surface area contributed by atoms with E-state index in [4.69, 9.17) is 0 Å². The van der Waals surface area contributed by atoms with Crippen LogP contribution in [-0.2, 0) is 0 Å². The van der Waals surface area contributed by atoms with Crippen LogP contribution in [0.3, 0.4) is 0 Å². The molecule has 0 bridgehead atoms. The van der Waals surface area contributed by atoms with Crippen LogP contribution in [0.25, 0.3) is 60.7 Å². The molecule has 0 spiro atoms. The smallest absolute Gasteiger partial charge is 0.264 e. The lowest BCUT2D eigenvalue weighted by atomic mass is 9.95. The molecule has 0 unspecified atom stereocenters. The zero-order valence-corrected chi connectivity index (χ0v) is 21.3. The lowest BCUT2D eigenvalue weighted by Gasteiger charge is -2.17. The topological polar surface area (TPSA) is 22.0 Å². The number of hydrogen-bond acceptors (Lipinski definition) is 1. The standard InChI is InChI=1S/C37H25NO/c39-37-36-32(29-15-8-3-9-16-29)17-10-18-33(36)34-25-30(27-13-6-2-7-14-27)21-24-35(34)38(37)31-22-19-28(20-23-31)26-11-4-1-5-12-26/h1-25H. The average molecular weight is 500 g/mol. The molecular weight excluding hydrogens is 474 g/mol. The van der Waals surface area contributed by atoms with Crippen molar-refractivity contribution in [2.75, 3.05) is 0 Å². The summed E-state index contributed by atoms with van der Waals surface area (Å²) in [4.78, 5) is 14.4. The number of pyridine rings is 1. The van der Waals surface area contributed by atoms with Crippen LogP contribution in [0.15, 0.2) is 156 Å². The quantitative estimate of drug-likeness (QED) is 0.221. The van der Waals surface area contributed by atoms with Crippen molar-refractivity contribution in [1.82, 2.24) is 4.57 Å². The Morgan fingerprint density at radius 1 is 0.410 bits per heavy atom. The minimum atomic E-state index is -0.0168. The van der Waals surface area contributed by atoms with E-state index in [1.807, 2.05) is 59.2 Å². The SMILES string of the molecule is O=c1c2c(-c3ccccc3)cccc2c2cc(-c3ccccc3)ccc2n1-c1ccc(-c2ccccc2)cc1. The Balaban J connectivity index is 1.54. The molecule has 1 aromatic heterocycles. The van der Waals surface area contributed by atoms with Gasteiger partial charge in [0.05, 0.1) is 10.9 Å². The van der Waals surface area contributed by atoms with Gasteiger partial charge in [0, 0.05) is 11.1 Å². The van der Waals surface area contributed by atoms with E-state index < -0.39 is 0 Å². The van der Waals surface area contributed by atoms with Crippen LogP contribution >= 0.6 is 0 Å². The highest BCUT2D eigenvalue weighted by Gasteiger charge is 2.17. The van der Waals surface area contributed by atoms with Gasteiger partial charge < -0.3 is 0 Å². The summed E-state index contributed by atoms with van der Waals surface area (Å²) in [5.41, 5.74) is 8.25. The Bertz CT molecular complexity index is 1990. The van der Waals surface area contributed by atoms with E-state index in [1.54, 1.807) is 0 Å². The highest BCUT2D eigenvalue weighted by Crippen LogP contribution is 2.34. The first-order chi connectivity index (χ1) is 19.3. The van der Waals surface area contributed by atoms with Crippen LogP contribution in [0.1, 0.15) is 0 Å². The van der Waals surface area contributed by atoms with E-state index in [0.29, 0.717) is 0 Å². The van der Waals surface area contributed by atoms with E-state index in [1.165, 1.54) is 0 Å². The molecule has 0 atom stereocenters. The van der Waals surface area contributed by atoms with Crippen molar-refractivity contribution in [3.63, 3.8) is 0 Å². The molecule has 0 fully saturated rings. The van der Waals surface area contributed by atoms with Crippen molar-refractivity contribution in [2.45, 2.75) is 0 Å². The van der Waals surface area contributed by atoms with Gasteiger partial charge in [-0.05, 0) is 63.0 Å². The van der Waals surface area contributed by atoms with Crippen LogP contribution in [0.2, 0.25) is 0 Å². The van der Waals surface area contributed by atoms with Gasteiger partial charge in [-0.2, -0.15) is 0 Å². The predicted molar refractivity (Wildman–Crippen MR) is 163 cm³/mol. The molecule has 6 aromatic carbocycles. The maximum absolute atomic E-state index is 14.4. The number of aromatic nitrogens is 1. The van der Waals surface area contributed by atoms with Gasteiger partial charge in [0.15, 0.2) is 0 Å². The van der Waals surface area contributed by atoms with Gasteiger partial charge in [-0.3, -0.25) is 9.36 Å². The zero-order valence-electron chi connectivity index (χ0n) is 21.3. The molecule has 39 heavy (non-hydrogen) atoms. The summed E-state index contributed by atoms with van der Waals surface area (Å²) in [5.74, 6) is 0. The Hall–Kier alpha value is -5.21. The molecule has 7 aromatic rings. The van der Waals surface area contributed by atoms with E-state index >= 15 is 0 Å². The van der Waals surface area contributed by atoms with Gasteiger partial charge >= 0.3 is 0 Å². The van der Waals surface area contributed by atoms with Gasteiger partial charge in [0.25, 0.3) is 5.56 Å². The highest BCUT2D eigenvalue weighted by molar-refractivity contribution is 6.12. The third-order valence-corrected chi connectivity index (χ3v) is 7.43. The largest absolute Gasteiger partial charge is 0.276 e. The normalized spacial score (nSPS) is 11.2. The molecule has 0 saturated heterocycles. The average Bonchev–Trinajstić information content (AvgIpc) is 3.02. The number of benzene rings is 6. The lowest BCUT2D eigenvalue weighted by molar-refractivity contribution is 1.06. The molecule has 0 radical (unpaired) electrons. The molecule has 0 aliphatic carbocycles. The fourth-order valence-corrected chi connectivity index (χ4v) is 5.53. The molecule has 0 aliphatic rings. The molecule has 0 amide bonds. The molecule has 184 valence electrons. The van der Waals surface area contributed by atoms with Crippen LogP contribution < -0.4 is 5.56 Å². The van der Waals surface area contributed by atoms with Crippen molar-refractivity contribution >= 4 is 21.7 Å². The van der Waals surface area contributed by atoms with Crippen LogP contribution in [0.5, 0.6) is 0 Å². The van der Waals surface area contributed by atoms with Gasteiger partial charge in [0.1, 0.15) is 0 Å². The minimum Gasteiger partial charge on any atom is -0.276 e. The molecule has 0 saturated carbocycles. The second kappa shape index (κ2) is 9.59. The first-order valence-electron chi connectivity index (χ1n) is 13.2. The molecule has 0 N–H and O–H groups in total. The summed E-state index contributed by atoms with van der Waals surface area (Å²) < 4.78 is 1.87. The van der Waals surface area contributed by atoms with Crippen LogP contribution in [0, 0.1) is 0 Å². The summed E-state index contributed by atoms with van der Waals surface area (Å²) in [7, 11) is 0. The van der Waals surface area contributed by atoms with Gasteiger partial charge in [0.2, 0.25) is 0 Å². The summed E-state index contributed by atoms with van der Waals surface area (Å²) in [6.07, 6.45) is 0. The zero-order chi connectivity index (χ0) is 26.2. The van der Waals surface area contributed by atoms with Gasteiger partial charge in [-0.15, -0.1) is 0 Å². The fraction of sp³-hybridized carbons (Fsp3) is 0. The first-order valence-corrected chi connectivity index (χ1v) is 13.2. The second-order valence-electron chi connectivity index (χ2n) is 9.75. The number of hydrogen-bond donors (Lipinski definition) is 0. The van der Waals surface area contributed by atoms with E-state index in [2.05, 4.69) is 97.1 Å². The van der Waals surface area contributed by atoms with Crippen LogP contribution in [-0.4, -0.2) is 4.57 Å². The summed E-state index contributed by atoms with van der Waals surface area (Å²) >= 11 is 0. The second-order valence-corrected chi connectivity index (χ2v) is 9.75. The van der Waals surface area contributed by atoms with Crippen LogP contribution in [0.4, 0.5) is 0 Å². The van der Waals surface area contributed by atoms with Crippen molar-refractivity contribution in [2.24, 2.45) is 0 Å². The molecule has 1 heterocycles. The third kappa shape index (κ3) is 4.03. The minimum absolute atomic E-state index is 0.0168. The summed E-state index contributed by atoms with van der Waals surface area (Å²) in [6.45, 7) is 0. The van der Waals surface area contributed by atoms with E-state index in [-0.39, 0.29) is 5.56 Å². The Morgan fingerprint density at radius 3 is 1.59 bits per heavy atom. The van der Waals surface area contributed by atoms with Crippen molar-refractivity contribution in [3.8, 4) is 39.1 Å². The summed E-state index contributed by atoms with van der Waals surface area (Å²) in [5, 5.41) is 2.75. The van der Waals surface area contributed by atoms with Gasteiger partial charge in [-0.25, -0.2) is 0 Å². The Morgan fingerprint density at radius 2 is 0.949 bits per heavy atom. The maximum atomic E-state index is 14.4. The molecule has 0 aliphatic heterocycles. The Kier molecular flexibility index (Phi) is 5.64. The van der Waals surface area contributed by atoms with Gasteiger partial charge in [-0.1, -0.05) is 127 Å². The van der Waals surface area contributed by atoms with Crippen molar-refractivity contribution in [1.29, 1.82) is 0 Å². The number of rotatable bonds is 4. The molecule has 7 rings (SSSR count).